The first kappa shape index (κ1) is 104. The average molecular weight is 1550 g/mol. The van der Waals surface area contributed by atoms with Crippen molar-refractivity contribution in [3.05, 3.63) is 0 Å². The smallest absolute Gasteiger partial charge is 0.462 e. The van der Waals surface area contributed by atoms with E-state index < -0.39 is 97.5 Å². The maximum Gasteiger partial charge on any atom is 0.472 e. The zero-order valence-corrected chi connectivity index (χ0v) is 71.7. The van der Waals surface area contributed by atoms with E-state index in [9.17, 15) is 43.2 Å². The minimum Gasteiger partial charge on any atom is -0.462 e. The predicted molar refractivity (Wildman–Crippen MR) is 437 cm³/mol. The van der Waals surface area contributed by atoms with Crippen molar-refractivity contribution in [2.45, 2.75) is 478 Å². The van der Waals surface area contributed by atoms with Crippen LogP contribution in [0.2, 0.25) is 0 Å². The third-order valence-electron chi connectivity index (χ3n) is 20.7. The highest BCUT2D eigenvalue weighted by atomic mass is 31.2. The number of esters is 4. The Morgan fingerprint density at radius 3 is 0.717 bits per heavy atom. The number of hydrogen-bond acceptors (Lipinski definition) is 15. The Hall–Kier alpha value is -1.94. The van der Waals surface area contributed by atoms with Gasteiger partial charge in [0.1, 0.15) is 19.3 Å². The van der Waals surface area contributed by atoms with Gasteiger partial charge in [-0.25, -0.2) is 9.13 Å². The highest BCUT2D eigenvalue weighted by Gasteiger charge is 2.31. The summed E-state index contributed by atoms with van der Waals surface area (Å²) in [6, 6.07) is 0. The molecule has 3 unspecified atom stereocenters. The number of carbonyl (C=O) groups excluding carboxylic acids is 4. The van der Waals surface area contributed by atoms with Crippen LogP contribution in [0.1, 0.15) is 459 Å². The topological polar surface area (TPSA) is 237 Å². The van der Waals surface area contributed by atoms with Crippen LogP contribution in [0, 0.1) is 17.8 Å². The minimum atomic E-state index is -4.97. The summed E-state index contributed by atoms with van der Waals surface area (Å²) >= 11 is 0. The van der Waals surface area contributed by atoms with Crippen molar-refractivity contribution >= 4 is 39.5 Å². The van der Waals surface area contributed by atoms with Crippen LogP contribution in [-0.4, -0.2) is 96.7 Å². The molecule has 0 fully saturated rings. The van der Waals surface area contributed by atoms with Crippen LogP contribution in [0.25, 0.3) is 0 Å². The van der Waals surface area contributed by atoms with Crippen molar-refractivity contribution < 1.29 is 80.2 Å². The molecule has 0 radical (unpaired) electrons. The highest BCUT2D eigenvalue weighted by molar-refractivity contribution is 7.47. The second-order valence-corrected chi connectivity index (χ2v) is 35.4. The first-order chi connectivity index (χ1) is 51.3. The largest absolute Gasteiger partial charge is 0.472 e. The van der Waals surface area contributed by atoms with Gasteiger partial charge < -0.3 is 33.8 Å². The first-order valence-electron chi connectivity index (χ1n) is 44.9. The molecule has 6 atom stereocenters. The number of phosphoric ester groups is 2. The SMILES string of the molecule is CCCCCCCCCCCCCCCCCCCCCCCCC(=O)O[C@H](COC(=O)CCCCCCCCCCCCCCCCC(C)CC)COP(=O)(O)OC[C@@H](O)COP(=O)(O)OC[C@@H](COC(=O)CCCCCCCCCC(C)C)OC(=O)CCCCCCCCCCCCCCCC(C)C. The van der Waals surface area contributed by atoms with E-state index in [1.807, 2.05) is 0 Å². The zero-order chi connectivity index (χ0) is 77.9. The maximum atomic E-state index is 13.2. The van der Waals surface area contributed by atoms with E-state index >= 15 is 0 Å². The first-order valence-corrected chi connectivity index (χ1v) is 47.9. The Labute approximate surface area is 651 Å². The minimum absolute atomic E-state index is 0.107. The number of hydrogen-bond donors (Lipinski definition) is 3. The van der Waals surface area contributed by atoms with Gasteiger partial charge in [-0.05, 0) is 43.4 Å². The van der Waals surface area contributed by atoms with Crippen LogP contribution >= 0.6 is 15.6 Å². The molecule has 19 heteroatoms. The van der Waals surface area contributed by atoms with Crippen LogP contribution in [0.3, 0.4) is 0 Å². The summed E-state index contributed by atoms with van der Waals surface area (Å²) in [5.41, 5.74) is 0. The molecule has 0 aliphatic carbocycles. The molecule has 0 aliphatic rings. The third kappa shape index (κ3) is 78.7. The molecule has 0 aliphatic heterocycles. The van der Waals surface area contributed by atoms with Gasteiger partial charge >= 0.3 is 39.5 Å². The molecule has 0 bridgehead atoms. The monoisotopic (exact) mass is 1550 g/mol. The van der Waals surface area contributed by atoms with Crippen molar-refractivity contribution in [2.24, 2.45) is 17.8 Å². The molecule has 0 spiro atoms. The molecule has 0 aromatic carbocycles. The lowest BCUT2D eigenvalue weighted by atomic mass is 9.99. The van der Waals surface area contributed by atoms with Gasteiger partial charge in [0.15, 0.2) is 12.2 Å². The Bertz CT molecular complexity index is 2050. The van der Waals surface area contributed by atoms with Crippen LogP contribution < -0.4 is 0 Å². The van der Waals surface area contributed by atoms with Crippen molar-refractivity contribution in [2.75, 3.05) is 39.6 Å². The predicted octanol–water partition coefficient (Wildman–Crippen LogP) is 26.5. The standard InChI is InChI=1S/C87H170O17P2/c1-8-10-11-12-13-14-15-16-17-18-19-20-21-22-23-24-31-36-41-48-56-63-70-86(91)103-82(74-97-84(89)68-61-54-47-40-35-30-26-25-29-34-39-46-53-60-67-80(7)9-2)76-101-105(93,94)99-72-81(88)73-100-106(95,96)102-77-83(75-98-85(90)69-62-55-50-43-45-52-59-66-79(5)6)104-87(92)71-64-57-49-42-37-32-27-28-33-38-44-51-58-65-78(3)4/h78-83,88H,8-77H2,1-7H3,(H,93,94)(H,95,96)/t80?,81-,82-,83-/m1/s1. The van der Waals surface area contributed by atoms with E-state index in [1.165, 1.54) is 263 Å². The van der Waals surface area contributed by atoms with Gasteiger partial charge in [0, 0.05) is 25.7 Å². The van der Waals surface area contributed by atoms with Gasteiger partial charge in [-0.2, -0.15) is 0 Å². The number of rotatable bonds is 85. The third-order valence-corrected chi connectivity index (χ3v) is 22.6. The van der Waals surface area contributed by atoms with Gasteiger partial charge in [-0.1, -0.05) is 408 Å². The van der Waals surface area contributed by atoms with E-state index in [0.717, 1.165) is 108 Å². The fraction of sp³-hybridized carbons (Fsp3) is 0.954. The van der Waals surface area contributed by atoms with Crippen LogP contribution in [0.15, 0.2) is 0 Å². The molecule has 3 N–H and O–H groups in total. The molecular weight excluding hydrogens is 1380 g/mol. The second-order valence-electron chi connectivity index (χ2n) is 32.5. The summed E-state index contributed by atoms with van der Waals surface area (Å²) in [7, 11) is -9.93. The summed E-state index contributed by atoms with van der Waals surface area (Å²) in [4.78, 5) is 73.2. The summed E-state index contributed by atoms with van der Waals surface area (Å²) in [6.07, 6.45) is 68.2. The number of ether oxygens (including phenoxy) is 4. The maximum absolute atomic E-state index is 13.2. The lowest BCUT2D eigenvalue weighted by Crippen LogP contribution is -2.30. The van der Waals surface area contributed by atoms with Gasteiger partial charge in [-0.15, -0.1) is 0 Å². The molecule has 0 saturated heterocycles. The highest BCUT2D eigenvalue weighted by Crippen LogP contribution is 2.45. The molecule has 17 nitrogen and oxygen atoms in total. The fourth-order valence-corrected chi connectivity index (χ4v) is 15.1. The Morgan fingerprint density at radius 2 is 0.481 bits per heavy atom. The summed E-state index contributed by atoms with van der Waals surface area (Å²) in [5, 5.41) is 10.7. The molecule has 106 heavy (non-hydrogen) atoms. The fourth-order valence-electron chi connectivity index (χ4n) is 13.5. The summed E-state index contributed by atoms with van der Waals surface area (Å²) in [5.74, 6) is 0.236. The molecule has 0 saturated carbocycles. The molecule has 0 amide bonds. The summed E-state index contributed by atoms with van der Waals surface area (Å²) in [6.45, 7) is 12.0. The van der Waals surface area contributed by atoms with Gasteiger partial charge in [-0.3, -0.25) is 37.3 Å². The quantitative estimate of drug-likeness (QED) is 0.0222. The van der Waals surface area contributed by atoms with Crippen molar-refractivity contribution in [3.63, 3.8) is 0 Å². The zero-order valence-electron chi connectivity index (χ0n) is 69.9. The number of aliphatic hydroxyl groups is 1. The number of carbonyl (C=O) groups is 4. The lowest BCUT2D eigenvalue weighted by Gasteiger charge is -2.21. The molecule has 0 rings (SSSR count). The molecule has 0 heterocycles. The van der Waals surface area contributed by atoms with Gasteiger partial charge in [0.05, 0.1) is 26.4 Å². The van der Waals surface area contributed by atoms with Crippen molar-refractivity contribution in [1.82, 2.24) is 0 Å². The van der Waals surface area contributed by atoms with Crippen LogP contribution in [-0.2, 0) is 65.4 Å². The number of unbranched alkanes of at least 4 members (excludes halogenated alkanes) is 52. The van der Waals surface area contributed by atoms with E-state index in [-0.39, 0.29) is 25.7 Å². The number of phosphoric acid groups is 2. The van der Waals surface area contributed by atoms with Crippen molar-refractivity contribution in [3.8, 4) is 0 Å². The molecular formula is C87H170O17P2. The molecule has 0 aromatic rings. The van der Waals surface area contributed by atoms with E-state index in [4.69, 9.17) is 37.0 Å². The van der Waals surface area contributed by atoms with E-state index in [2.05, 4.69) is 48.5 Å². The van der Waals surface area contributed by atoms with Crippen LogP contribution in [0.5, 0.6) is 0 Å². The Balaban J connectivity index is 5.22. The average Bonchev–Trinajstić information content (AvgIpc) is 0.900. The Kier molecular flexibility index (Phi) is 75.6. The van der Waals surface area contributed by atoms with E-state index in [1.54, 1.807) is 0 Å². The molecule has 630 valence electrons. The number of aliphatic hydroxyl groups excluding tert-OH is 1. The molecule has 0 aromatic heterocycles. The lowest BCUT2D eigenvalue weighted by molar-refractivity contribution is -0.161. The van der Waals surface area contributed by atoms with Gasteiger partial charge in [0.25, 0.3) is 0 Å². The normalized spacial score (nSPS) is 14.1. The van der Waals surface area contributed by atoms with E-state index in [0.29, 0.717) is 31.6 Å². The van der Waals surface area contributed by atoms with Crippen molar-refractivity contribution in [1.29, 1.82) is 0 Å². The Morgan fingerprint density at radius 1 is 0.274 bits per heavy atom. The van der Waals surface area contributed by atoms with Crippen LogP contribution in [0.4, 0.5) is 0 Å². The second kappa shape index (κ2) is 77.0. The summed E-state index contributed by atoms with van der Waals surface area (Å²) < 4.78 is 68.9. The van der Waals surface area contributed by atoms with Gasteiger partial charge in [0.2, 0.25) is 0 Å².